The Kier molecular flexibility index (Phi) is 5.55. The van der Waals surface area contributed by atoms with Crippen LogP contribution < -0.4 is 15.5 Å². The van der Waals surface area contributed by atoms with Crippen molar-refractivity contribution in [2.24, 2.45) is 0 Å². The van der Waals surface area contributed by atoms with Crippen LogP contribution in [0, 0.1) is 0 Å². The molecular weight excluding hydrogens is 398 g/mol. The van der Waals surface area contributed by atoms with E-state index in [4.69, 9.17) is 10.1 Å². The fraction of sp³-hybridized carbons (Fsp3) is 0.476. The van der Waals surface area contributed by atoms with E-state index in [-0.39, 0.29) is 11.6 Å². The third-order valence-electron chi connectivity index (χ3n) is 4.90. The number of imidazole rings is 1. The van der Waals surface area contributed by atoms with Gasteiger partial charge in [0.1, 0.15) is 5.69 Å². The standard InChI is InChI=1S/C21H29N7OS/c1-5-22-18(29)26-11-13-27(14-12-26)20-25-28-17(24-21(2,3)4)16(23-19(28)30-20)15-9-7-6-8-10-15/h6-10,24H,5,11-14H2,1-4H3,(H,22,29). The van der Waals surface area contributed by atoms with Gasteiger partial charge < -0.3 is 20.4 Å². The summed E-state index contributed by atoms with van der Waals surface area (Å²) in [4.78, 5) is 21.9. The highest BCUT2D eigenvalue weighted by Crippen LogP contribution is 2.34. The molecule has 1 aromatic carbocycles. The van der Waals surface area contributed by atoms with E-state index in [0.717, 1.165) is 40.3 Å². The minimum absolute atomic E-state index is 0.00950. The van der Waals surface area contributed by atoms with E-state index in [1.54, 1.807) is 11.3 Å². The summed E-state index contributed by atoms with van der Waals surface area (Å²) >= 11 is 1.59. The Morgan fingerprint density at radius 1 is 1.13 bits per heavy atom. The van der Waals surface area contributed by atoms with Crippen molar-refractivity contribution in [2.75, 3.05) is 42.9 Å². The van der Waals surface area contributed by atoms with Crippen molar-refractivity contribution in [3.8, 4) is 11.3 Å². The molecule has 4 rings (SSSR count). The van der Waals surface area contributed by atoms with E-state index in [1.165, 1.54) is 0 Å². The highest BCUT2D eigenvalue weighted by Gasteiger charge is 2.26. The summed E-state index contributed by atoms with van der Waals surface area (Å²) in [6, 6.07) is 10.2. The highest BCUT2D eigenvalue weighted by molar-refractivity contribution is 7.20. The van der Waals surface area contributed by atoms with Crippen LogP contribution in [0.1, 0.15) is 27.7 Å². The van der Waals surface area contributed by atoms with Gasteiger partial charge in [-0.2, -0.15) is 4.52 Å². The van der Waals surface area contributed by atoms with E-state index in [1.807, 2.05) is 34.5 Å². The molecule has 0 unspecified atom stereocenters. The van der Waals surface area contributed by atoms with Crippen molar-refractivity contribution in [2.45, 2.75) is 33.2 Å². The molecule has 0 saturated carbocycles. The zero-order chi connectivity index (χ0) is 21.3. The number of amides is 2. The molecule has 0 radical (unpaired) electrons. The number of piperazine rings is 1. The molecule has 2 N–H and O–H groups in total. The monoisotopic (exact) mass is 427 g/mol. The Morgan fingerprint density at radius 2 is 1.83 bits per heavy atom. The molecule has 1 fully saturated rings. The van der Waals surface area contributed by atoms with Gasteiger partial charge in [-0.3, -0.25) is 0 Å². The number of benzene rings is 1. The summed E-state index contributed by atoms with van der Waals surface area (Å²) in [6.07, 6.45) is 0. The zero-order valence-electron chi connectivity index (χ0n) is 18.0. The van der Waals surface area contributed by atoms with Crippen LogP contribution in [-0.2, 0) is 0 Å². The fourth-order valence-corrected chi connectivity index (χ4v) is 4.45. The molecule has 1 aliphatic rings. The first kappa shape index (κ1) is 20.5. The SMILES string of the molecule is CCNC(=O)N1CCN(c2nn3c(NC(C)(C)C)c(-c4ccccc4)nc3s2)CC1. The van der Waals surface area contributed by atoms with Crippen LogP contribution in [0.2, 0.25) is 0 Å². The van der Waals surface area contributed by atoms with Gasteiger partial charge >= 0.3 is 6.03 Å². The van der Waals surface area contributed by atoms with Crippen molar-refractivity contribution in [3.05, 3.63) is 30.3 Å². The second kappa shape index (κ2) is 8.14. The van der Waals surface area contributed by atoms with Crippen molar-refractivity contribution < 1.29 is 4.79 Å². The number of nitrogens with one attached hydrogen (secondary N) is 2. The maximum atomic E-state index is 12.1. The number of fused-ring (bicyclic) bond motifs is 1. The van der Waals surface area contributed by atoms with E-state index in [0.29, 0.717) is 19.6 Å². The molecule has 1 saturated heterocycles. The topological polar surface area (TPSA) is 77.8 Å². The van der Waals surface area contributed by atoms with E-state index in [2.05, 4.69) is 48.4 Å². The quantitative estimate of drug-likeness (QED) is 0.666. The number of hydrogen-bond acceptors (Lipinski definition) is 6. The molecular formula is C21H29N7OS. The molecule has 2 amide bonds. The van der Waals surface area contributed by atoms with Crippen LogP contribution in [0.4, 0.5) is 15.7 Å². The Balaban J connectivity index is 1.61. The Bertz CT molecular complexity index is 1010. The summed E-state index contributed by atoms with van der Waals surface area (Å²) < 4.78 is 1.92. The van der Waals surface area contributed by atoms with Crippen molar-refractivity contribution in [1.82, 2.24) is 24.8 Å². The molecule has 0 bridgehead atoms. The largest absolute Gasteiger partial charge is 0.364 e. The Labute approximate surface area is 180 Å². The van der Waals surface area contributed by atoms with Gasteiger partial charge in [-0.05, 0) is 27.7 Å². The molecule has 9 heteroatoms. The van der Waals surface area contributed by atoms with Gasteiger partial charge in [0.15, 0.2) is 5.82 Å². The normalized spacial score (nSPS) is 14.9. The molecule has 0 atom stereocenters. The van der Waals surface area contributed by atoms with Crippen LogP contribution in [-0.4, -0.2) is 63.8 Å². The van der Waals surface area contributed by atoms with E-state index < -0.39 is 0 Å². The summed E-state index contributed by atoms with van der Waals surface area (Å²) in [7, 11) is 0. The predicted octanol–water partition coefficient (Wildman–Crippen LogP) is 3.52. The van der Waals surface area contributed by atoms with Crippen LogP contribution in [0.5, 0.6) is 0 Å². The van der Waals surface area contributed by atoms with Gasteiger partial charge in [0.05, 0.1) is 0 Å². The van der Waals surface area contributed by atoms with Crippen molar-refractivity contribution in [1.29, 1.82) is 0 Å². The van der Waals surface area contributed by atoms with Gasteiger partial charge in [-0.15, -0.1) is 5.10 Å². The van der Waals surface area contributed by atoms with Crippen LogP contribution in [0.15, 0.2) is 30.3 Å². The number of nitrogens with zero attached hydrogens (tertiary/aromatic N) is 5. The van der Waals surface area contributed by atoms with Gasteiger partial charge in [-0.25, -0.2) is 9.78 Å². The maximum Gasteiger partial charge on any atom is 0.317 e. The van der Waals surface area contributed by atoms with Gasteiger partial charge in [-0.1, -0.05) is 41.7 Å². The third kappa shape index (κ3) is 4.21. The first-order valence-electron chi connectivity index (χ1n) is 10.4. The average Bonchev–Trinajstić information content (AvgIpc) is 3.27. The number of urea groups is 1. The summed E-state index contributed by atoms with van der Waals surface area (Å²) in [5, 5.41) is 12.3. The Morgan fingerprint density at radius 3 is 2.47 bits per heavy atom. The van der Waals surface area contributed by atoms with Crippen molar-refractivity contribution in [3.63, 3.8) is 0 Å². The molecule has 3 heterocycles. The molecule has 30 heavy (non-hydrogen) atoms. The lowest BCUT2D eigenvalue weighted by atomic mass is 10.1. The maximum absolute atomic E-state index is 12.1. The van der Waals surface area contributed by atoms with Crippen molar-refractivity contribution >= 4 is 33.3 Å². The molecule has 0 spiro atoms. The minimum Gasteiger partial charge on any atom is -0.364 e. The smallest absolute Gasteiger partial charge is 0.317 e. The third-order valence-corrected chi connectivity index (χ3v) is 5.87. The number of rotatable bonds is 4. The number of hydrogen-bond donors (Lipinski definition) is 2. The van der Waals surface area contributed by atoms with Gasteiger partial charge in [0.2, 0.25) is 10.1 Å². The molecule has 1 aliphatic heterocycles. The fourth-order valence-electron chi connectivity index (χ4n) is 3.49. The highest BCUT2D eigenvalue weighted by atomic mass is 32.1. The predicted molar refractivity (Wildman–Crippen MR) is 123 cm³/mol. The van der Waals surface area contributed by atoms with E-state index >= 15 is 0 Å². The second-order valence-corrected chi connectivity index (χ2v) is 9.37. The number of anilines is 2. The Hall–Kier alpha value is -2.81. The van der Waals surface area contributed by atoms with Crippen LogP contribution in [0.3, 0.4) is 0 Å². The average molecular weight is 428 g/mol. The lowest BCUT2D eigenvalue weighted by molar-refractivity contribution is 0.195. The molecule has 0 aliphatic carbocycles. The first-order valence-corrected chi connectivity index (χ1v) is 11.2. The van der Waals surface area contributed by atoms with E-state index in [9.17, 15) is 4.79 Å². The molecule has 2 aromatic heterocycles. The number of carbonyl (C=O) groups excluding carboxylic acids is 1. The molecule has 3 aromatic rings. The lowest BCUT2D eigenvalue weighted by Crippen LogP contribution is -2.51. The summed E-state index contributed by atoms with van der Waals surface area (Å²) in [6.45, 7) is 11.9. The molecule has 8 nitrogen and oxygen atoms in total. The summed E-state index contributed by atoms with van der Waals surface area (Å²) in [5.74, 6) is 0.909. The van der Waals surface area contributed by atoms with Gasteiger partial charge in [0, 0.05) is 43.8 Å². The number of aromatic nitrogens is 3. The van der Waals surface area contributed by atoms with Gasteiger partial charge in [0.25, 0.3) is 0 Å². The molecule has 160 valence electrons. The lowest BCUT2D eigenvalue weighted by Gasteiger charge is -2.34. The van der Waals surface area contributed by atoms with Crippen LogP contribution >= 0.6 is 11.3 Å². The number of carbonyl (C=O) groups is 1. The summed E-state index contributed by atoms with van der Waals surface area (Å²) in [5.41, 5.74) is 1.86. The van der Waals surface area contributed by atoms with Crippen LogP contribution in [0.25, 0.3) is 16.2 Å². The minimum atomic E-state index is -0.123. The second-order valence-electron chi connectivity index (χ2n) is 8.44. The zero-order valence-corrected chi connectivity index (χ0v) is 18.8. The first-order chi connectivity index (χ1) is 14.4.